The largest absolute Gasteiger partial charge is 0.490 e. The van der Waals surface area contributed by atoms with Crippen LogP contribution in [0.4, 0.5) is 10.5 Å². The lowest BCUT2D eigenvalue weighted by Gasteiger charge is -2.25. The van der Waals surface area contributed by atoms with Crippen molar-refractivity contribution in [3.8, 4) is 5.75 Å². The van der Waals surface area contributed by atoms with Crippen LogP contribution in [0, 0.1) is 6.92 Å². The molecule has 1 N–H and O–H groups in total. The van der Waals surface area contributed by atoms with Crippen LogP contribution < -0.4 is 9.04 Å². The fourth-order valence-corrected chi connectivity index (χ4v) is 7.21. The Morgan fingerprint density at radius 3 is 2.52 bits per heavy atom. The molecule has 0 fully saturated rings. The average molecular weight is 588 g/mol. The van der Waals surface area contributed by atoms with Gasteiger partial charge in [0.15, 0.2) is 0 Å². The number of sulfonamides is 1. The normalized spacial score (nSPS) is 12.0. The number of hydrogen-bond acceptors (Lipinski definition) is 8. The number of likely N-dealkylation sites (N-methyl/N-ethyl adjacent to an activating group) is 1. The number of carboxylic acid groups (broad SMARTS) is 1. The first kappa shape index (κ1) is 29.8. The van der Waals surface area contributed by atoms with Gasteiger partial charge in [0.2, 0.25) is 0 Å². The van der Waals surface area contributed by atoms with E-state index >= 15 is 0 Å². The topological polar surface area (TPSA) is 118 Å². The van der Waals surface area contributed by atoms with E-state index in [2.05, 4.69) is 34.4 Å². The van der Waals surface area contributed by atoms with E-state index in [-0.39, 0.29) is 11.4 Å². The number of nitrogens with zero attached hydrogens (tertiary/aromatic N) is 5. The highest BCUT2D eigenvalue weighted by Gasteiger charge is 2.29. The second kappa shape index (κ2) is 13.0. The number of fused-ring (bicyclic) bond motifs is 2. The summed E-state index contributed by atoms with van der Waals surface area (Å²) in [6.45, 7) is 11.1. The molecule has 0 atom stereocenters. The van der Waals surface area contributed by atoms with Gasteiger partial charge in [-0.05, 0) is 56.8 Å². The van der Waals surface area contributed by atoms with Crippen molar-refractivity contribution in [3.63, 3.8) is 0 Å². The van der Waals surface area contributed by atoms with Gasteiger partial charge in [-0.1, -0.05) is 46.1 Å². The molecule has 0 unspecified atom stereocenters. The lowest BCUT2D eigenvalue weighted by molar-refractivity contribution is 0.196. The van der Waals surface area contributed by atoms with Gasteiger partial charge < -0.3 is 14.7 Å². The summed E-state index contributed by atoms with van der Waals surface area (Å²) in [5.74, 6) is 0.445. The monoisotopic (exact) mass is 587 g/mol. The molecule has 0 spiro atoms. The third-order valence-corrected chi connectivity index (χ3v) is 9.59. The molecule has 0 aliphatic carbocycles. The van der Waals surface area contributed by atoms with Gasteiger partial charge in [-0.3, -0.25) is 4.31 Å². The molecule has 4 rings (SSSR count). The molecule has 12 heteroatoms. The summed E-state index contributed by atoms with van der Waals surface area (Å²) in [7, 11) is -4.01. The van der Waals surface area contributed by atoms with Crippen molar-refractivity contribution in [2.45, 2.75) is 58.3 Å². The Bertz CT molecular complexity index is 1580. The zero-order valence-corrected chi connectivity index (χ0v) is 25.1. The van der Waals surface area contributed by atoms with Gasteiger partial charge in [0.25, 0.3) is 10.0 Å². The van der Waals surface area contributed by atoms with Crippen molar-refractivity contribution in [2.24, 2.45) is 0 Å². The third-order valence-electron chi connectivity index (χ3n) is 7.19. The smallest absolute Gasteiger partial charge is 0.416 e. The third kappa shape index (κ3) is 5.93. The van der Waals surface area contributed by atoms with Crippen LogP contribution in [0.3, 0.4) is 0 Å². The fraction of sp³-hybridized carbons (Fsp3) is 0.464. The van der Waals surface area contributed by atoms with Crippen LogP contribution in [0.2, 0.25) is 0 Å². The van der Waals surface area contributed by atoms with Crippen molar-refractivity contribution in [1.82, 2.24) is 18.2 Å². The van der Waals surface area contributed by atoms with Gasteiger partial charge in [0.05, 0.1) is 28.6 Å². The zero-order chi connectivity index (χ0) is 28.9. The maximum Gasteiger partial charge on any atom is 0.416 e. The van der Waals surface area contributed by atoms with E-state index < -0.39 is 16.1 Å². The van der Waals surface area contributed by atoms with Crippen molar-refractivity contribution in [1.29, 1.82) is 0 Å². The van der Waals surface area contributed by atoms with Crippen LogP contribution in [-0.2, 0) is 10.0 Å². The van der Waals surface area contributed by atoms with Crippen LogP contribution in [0.1, 0.15) is 52.1 Å². The first-order chi connectivity index (χ1) is 19.2. The first-order valence-corrected chi connectivity index (χ1v) is 15.9. The standard InChI is InChI=1S/C28H37N5O5S2/c1-5-8-9-10-16-32(40(36,37)25-13-11-12-23-26(25)30-39-29-23)21-14-15-24-22(19-21)27(20(4)33(24)28(34)35)38-18-17-31(6-2)7-3/h11-15,19H,5-10,16-18H2,1-4H3,(H,34,35). The molecule has 10 nitrogen and oxygen atoms in total. The van der Waals surface area contributed by atoms with Crippen LogP contribution in [0.15, 0.2) is 41.3 Å². The zero-order valence-electron chi connectivity index (χ0n) is 23.5. The Morgan fingerprint density at radius 2 is 1.82 bits per heavy atom. The molecule has 0 radical (unpaired) electrons. The van der Waals surface area contributed by atoms with E-state index in [4.69, 9.17) is 4.74 Å². The van der Waals surface area contributed by atoms with Crippen molar-refractivity contribution in [2.75, 3.05) is 37.1 Å². The molecule has 0 saturated heterocycles. The number of unbranched alkanes of at least 4 members (excludes halogenated alkanes) is 3. The summed E-state index contributed by atoms with van der Waals surface area (Å²) < 4.78 is 45.5. The van der Waals surface area contributed by atoms with Crippen LogP contribution in [-0.4, -0.2) is 70.6 Å². The van der Waals surface area contributed by atoms with Gasteiger partial charge in [-0.25, -0.2) is 17.8 Å². The molecule has 0 bridgehead atoms. The van der Waals surface area contributed by atoms with E-state index in [1.54, 1.807) is 43.3 Å². The summed E-state index contributed by atoms with van der Waals surface area (Å²) in [5.41, 5.74) is 2.22. The highest BCUT2D eigenvalue weighted by Crippen LogP contribution is 2.37. The molecule has 4 aromatic rings. The van der Waals surface area contributed by atoms with E-state index in [1.165, 1.54) is 8.87 Å². The molecule has 216 valence electrons. The van der Waals surface area contributed by atoms with Gasteiger partial charge >= 0.3 is 6.09 Å². The number of hydrogen-bond donors (Lipinski definition) is 1. The molecule has 0 amide bonds. The van der Waals surface area contributed by atoms with Crippen LogP contribution in [0.5, 0.6) is 5.75 Å². The minimum atomic E-state index is -4.01. The van der Waals surface area contributed by atoms with Crippen LogP contribution >= 0.6 is 11.7 Å². The second-order valence-electron chi connectivity index (χ2n) is 9.64. The number of anilines is 1. The molecule has 2 aromatic heterocycles. The van der Waals surface area contributed by atoms with Gasteiger partial charge in [0.1, 0.15) is 28.3 Å². The Hall–Kier alpha value is -3.22. The number of aromatic nitrogens is 3. The van der Waals surface area contributed by atoms with E-state index in [1.807, 2.05) is 0 Å². The van der Waals surface area contributed by atoms with Gasteiger partial charge in [-0.15, -0.1) is 0 Å². The number of benzene rings is 2. The minimum Gasteiger partial charge on any atom is -0.490 e. The quantitative estimate of drug-likeness (QED) is 0.179. The molecule has 0 aliphatic rings. The Balaban J connectivity index is 1.81. The van der Waals surface area contributed by atoms with Crippen molar-refractivity contribution >= 4 is 55.5 Å². The van der Waals surface area contributed by atoms with E-state index in [0.29, 0.717) is 58.6 Å². The van der Waals surface area contributed by atoms with Crippen molar-refractivity contribution < 1.29 is 23.1 Å². The molecule has 0 saturated carbocycles. The summed E-state index contributed by atoms with van der Waals surface area (Å²) in [5, 5.41) is 10.5. The molecule has 2 aromatic carbocycles. The molecule has 0 aliphatic heterocycles. The highest BCUT2D eigenvalue weighted by atomic mass is 32.2. The van der Waals surface area contributed by atoms with Gasteiger partial charge in [0, 0.05) is 18.5 Å². The lowest BCUT2D eigenvalue weighted by Crippen LogP contribution is -2.32. The molecular formula is C28H37N5O5S2. The molecule has 2 heterocycles. The Labute approximate surface area is 239 Å². The maximum atomic E-state index is 14.1. The molecular weight excluding hydrogens is 550 g/mol. The highest BCUT2D eigenvalue weighted by molar-refractivity contribution is 7.93. The minimum absolute atomic E-state index is 0.101. The second-order valence-corrected chi connectivity index (χ2v) is 12.0. The predicted octanol–water partition coefficient (Wildman–Crippen LogP) is 5.98. The lowest BCUT2D eigenvalue weighted by atomic mass is 10.2. The number of carbonyl (C=O) groups is 1. The number of ether oxygens (including phenoxy) is 1. The van der Waals surface area contributed by atoms with E-state index in [0.717, 1.165) is 44.1 Å². The van der Waals surface area contributed by atoms with Crippen molar-refractivity contribution in [3.05, 3.63) is 42.1 Å². The Kier molecular flexibility index (Phi) is 9.64. The fourth-order valence-electron chi connectivity index (χ4n) is 4.96. The first-order valence-electron chi connectivity index (χ1n) is 13.7. The summed E-state index contributed by atoms with van der Waals surface area (Å²) in [4.78, 5) is 14.5. The predicted molar refractivity (Wildman–Crippen MR) is 159 cm³/mol. The SMILES string of the molecule is CCCCCCN(c1ccc2c(c1)c(OCCN(CC)CC)c(C)n2C(=O)O)S(=O)(=O)c1cccc2nsnc12. The average Bonchev–Trinajstić information content (AvgIpc) is 3.52. The van der Waals surface area contributed by atoms with Crippen LogP contribution in [0.25, 0.3) is 21.9 Å². The maximum absolute atomic E-state index is 14.1. The summed E-state index contributed by atoms with van der Waals surface area (Å²) in [6.07, 6.45) is 2.48. The Morgan fingerprint density at radius 1 is 1.05 bits per heavy atom. The molecule has 40 heavy (non-hydrogen) atoms. The number of rotatable bonds is 14. The van der Waals surface area contributed by atoms with E-state index in [9.17, 15) is 18.3 Å². The van der Waals surface area contributed by atoms with Gasteiger partial charge in [-0.2, -0.15) is 8.75 Å². The summed E-state index contributed by atoms with van der Waals surface area (Å²) in [6, 6.07) is 10.0. The summed E-state index contributed by atoms with van der Waals surface area (Å²) >= 11 is 0.977.